The van der Waals surface area contributed by atoms with E-state index < -0.39 is 7.82 Å². The quantitative estimate of drug-likeness (QED) is 0.316. The molecule has 0 spiro atoms. The largest absolute Gasteiger partial charge is 0 e. The predicted octanol–water partition coefficient (Wildman–Crippen LogP) is 4.90. The molecule has 0 aromatic heterocycles. The van der Waals surface area contributed by atoms with Crippen molar-refractivity contribution >= 4 is 59.2 Å². The number of phosphoric ester groups is 1. The third-order valence-electron chi connectivity index (χ3n) is 4.03. The first-order valence-electron chi connectivity index (χ1n) is 8.60. The van der Waals surface area contributed by atoms with Crippen molar-refractivity contribution in [1.82, 2.24) is 0 Å². The Morgan fingerprint density at radius 2 is 1.22 bits per heavy atom. The van der Waals surface area contributed by atoms with Crippen LogP contribution in [0.1, 0.15) is 79.1 Å². The SMILES string of the molecule is CCCCC(CC)COP(=O)(O)OCC(CC)CCCC.[KH].[Zn]. The summed E-state index contributed by atoms with van der Waals surface area (Å²) >= 11 is 0. The second-order valence-corrected chi connectivity index (χ2v) is 7.35. The summed E-state index contributed by atoms with van der Waals surface area (Å²) in [7, 11) is -3.89. The van der Waals surface area contributed by atoms with Crippen LogP contribution in [0.15, 0.2) is 0 Å². The Morgan fingerprint density at radius 1 is 0.870 bits per heavy atom. The van der Waals surface area contributed by atoms with Crippen molar-refractivity contribution in [3.63, 3.8) is 0 Å². The summed E-state index contributed by atoms with van der Waals surface area (Å²) in [5.74, 6) is 0.687. The fourth-order valence-corrected chi connectivity index (χ4v) is 3.11. The van der Waals surface area contributed by atoms with E-state index in [1.807, 2.05) is 0 Å². The van der Waals surface area contributed by atoms with Gasteiger partial charge >= 0.3 is 59.2 Å². The molecule has 23 heavy (non-hydrogen) atoms. The molecule has 2 unspecified atom stereocenters. The third-order valence-corrected chi connectivity index (χ3v) is 4.98. The maximum atomic E-state index is 11.9. The summed E-state index contributed by atoms with van der Waals surface area (Å²) in [4.78, 5) is 9.77. The minimum absolute atomic E-state index is 0. The van der Waals surface area contributed by atoms with Crippen molar-refractivity contribution < 1.29 is 38.0 Å². The second kappa shape index (κ2) is 19.1. The zero-order valence-corrected chi connectivity index (χ0v) is 18.9. The van der Waals surface area contributed by atoms with Gasteiger partial charge in [-0.15, -0.1) is 0 Å². The first-order chi connectivity index (χ1) is 9.99. The number of hydrogen-bond donors (Lipinski definition) is 1. The molecule has 0 saturated carbocycles. The molecular formula is C16H36KO4PZn. The van der Waals surface area contributed by atoms with Crippen molar-refractivity contribution in [3.05, 3.63) is 0 Å². The molecule has 0 aromatic rings. The molecule has 0 saturated heterocycles. The topological polar surface area (TPSA) is 55.8 Å². The average molecular weight is 428 g/mol. The van der Waals surface area contributed by atoms with Crippen LogP contribution in [-0.2, 0) is 33.1 Å². The van der Waals surface area contributed by atoms with E-state index >= 15 is 0 Å². The fourth-order valence-electron chi connectivity index (χ4n) is 2.23. The standard InChI is InChI=1S/C16H35O4P.K.Zn.H/c1-5-9-11-15(7-3)13-19-21(17,18)20-14-16(8-4)12-10-6-2;;;/h15-16H,5-14H2,1-4H3,(H,17,18);;;. The smallest absolute Gasteiger partial charge is 0 e. The zero-order chi connectivity index (χ0) is 16.1. The number of hydrogen-bond acceptors (Lipinski definition) is 3. The Morgan fingerprint density at radius 3 is 1.48 bits per heavy atom. The van der Waals surface area contributed by atoms with Gasteiger partial charge < -0.3 is 4.89 Å². The first-order valence-corrected chi connectivity index (χ1v) is 10.1. The monoisotopic (exact) mass is 426 g/mol. The normalized spacial score (nSPS) is 15.9. The maximum Gasteiger partial charge on any atom is 0 e. The van der Waals surface area contributed by atoms with Gasteiger partial charge in [0.15, 0.2) is 0 Å². The van der Waals surface area contributed by atoms with E-state index in [9.17, 15) is 9.46 Å². The van der Waals surface area contributed by atoms with E-state index in [2.05, 4.69) is 27.7 Å². The van der Waals surface area contributed by atoms with Crippen LogP contribution in [0.25, 0.3) is 0 Å². The molecule has 0 aliphatic carbocycles. The second-order valence-electron chi connectivity index (χ2n) is 5.89. The molecule has 0 aromatic carbocycles. The van der Waals surface area contributed by atoms with Crippen molar-refractivity contribution in [2.75, 3.05) is 13.2 Å². The van der Waals surface area contributed by atoms with Gasteiger partial charge in [-0.2, -0.15) is 0 Å². The molecule has 1 N–H and O–H groups in total. The summed E-state index contributed by atoms with van der Waals surface area (Å²) in [6.45, 7) is 9.10. The van der Waals surface area contributed by atoms with Crippen molar-refractivity contribution in [2.24, 2.45) is 11.8 Å². The van der Waals surface area contributed by atoms with E-state index in [-0.39, 0.29) is 70.9 Å². The Hall–Kier alpha value is 2.37. The number of phosphoric acid groups is 1. The molecule has 132 valence electrons. The van der Waals surface area contributed by atoms with Crippen LogP contribution in [-0.4, -0.2) is 69.5 Å². The van der Waals surface area contributed by atoms with E-state index in [0.29, 0.717) is 25.0 Å². The summed E-state index contributed by atoms with van der Waals surface area (Å²) in [5.41, 5.74) is 0. The maximum absolute atomic E-state index is 11.9. The molecule has 0 aliphatic rings. The minimum Gasteiger partial charge on any atom is 0 e. The van der Waals surface area contributed by atoms with Crippen LogP contribution in [0.4, 0.5) is 0 Å². The molecule has 4 nitrogen and oxygen atoms in total. The van der Waals surface area contributed by atoms with E-state index in [0.717, 1.165) is 51.4 Å². The first kappa shape index (κ1) is 30.1. The van der Waals surface area contributed by atoms with Gasteiger partial charge in [0.25, 0.3) is 0 Å². The zero-order valence-electron chi connectivity index (χ0n) is 15.1. The van der Waals surface area contributed by atoms with E-state index in [1.54, 1.807) is 0 Å². The molecule has 2 atom stereocenters. The fraction of sp³-hybridized carbons (Fsp3) is 1.00. The Labute approximate surface area is 199 Å². The van der Waals surface area contributed by atoms with Crippen molar-refractivity contribution in [2.45, 2.75) is 79.1 Å². The molecule has 0 heterocycles. The Kier molecular flexibility index (Phi) is 25.1. The predicted molar refractivity (Wildman–Crippen MR) is 95.5 cm³/mol. The Balaban J connectivity index is -0.00000200. The van der Waals surface area contributed by atoms with E-state index in [4.69, 9.17) is 9.05 Å². The molecule has 0 amide bonds. The molecule has 0 bridgehead atoms. The molecule has 0 fully saturated rings. The van der Waals surface area contributed by atoms with Crippen LogP contribution in [0.2, 0.25) is 0 Å². The summed E-state index contributed by atoms with van der Waals surface area (Å²) in [6, 6.07) is 0. The molecular weight excluding hydrogens is 392 g/mol. The summed E-state index contributed by atoms with van der Waals surface area (Å²) in [5, 5.41) is 0. The van der Waals surface area contributed by atoms with Crippen LogP contribution in [0.5, 0.6) is 0 Å². The van der Waals surface area contributed by atoms with Gasteiger partial charge in [0, 0.05) is 19.5 Å². The molecule has 0 aliphatic heterocycles. The van der Waals surface area contributed by atoms with Gasteiger partial charge in [0.1, 0.15) is 0 Å². The number of rotatable bonds is 14. The van der Waals surface area contributed by atoms with Gasteiger partial charge in [-0.3, -0.25) is 9.05 Å². The van der Waals surface area contributed by atoms with Crippen LogP contribution < -0.4 is 0 Å². The van der Waals surface area contributed by atoms with Crippen LogP contribution in [0, 0.1) is 11.8 Å². The van der Waals surface area contributed by atoms with Gasteiger partial charge in [-0.1, -0.05) is 66.2 Å². The average Bonchev–Trinajstić information content (AvgIpc) is 2.47. The van der Waals surface area contributed by atoms with Gasteiger partial charge in [0.2, 0.25) is 0 Å². The van der Waals surface area contributed by atoms with Gasteiger partial charge in [-0.05, 0) is 24.7 Å². The summed E-state index contributed by atoms with van der Waals surface area (Å²) < 4.78 is 22.2. The molecule has 0 rings (SSSR count). The van der Waals surface area contributed by atoms with Crippen molar-refractivity contribution in [1.29, 1.82) is 0 Å². The summed E-state index contributed by atoms with van der Waals surface area (Å²) in [6.07, 6.45) is 8.56. The Bertz CT molecular complexity index is 271. The molecule has 0 radical (unpaired) electrons. The number of unbranched alkanes of at least 4 members (excludes halogenated alkanes) is 2. The minimum atomic E-state index is -3.89. The van der Waals surface area contributed by atoms with Gasteiger partial charge in [-0.25, -0.2) is 4.57 Å². The third kappa shape index (κ3) is 17.5. The van der Waals surface area contributed by atoms with Crippen LogP contribution >= 0.6 is 7.82 Å². The van der Waals surface area contributed by atoms with Crippen LogP contribution in [0.3, 0.4) is 0 Å². The van der Waals surface area contributed by atoms with E-state index in [1.165, 1.54) is 0 Å². The molecule has 7 heteroatoms. The van der Waals surface area contributed by atoms with Crippen molar-refractivity contribution in [3.8, 4) is 0 Å². The van der Waals surface area contributed by atoms with Gasteiger partial charge in [0.05, 0.1) is 13.2 Å².